The van der Waals surface area contributed by atoms with Crippen molar-refractivity contribution in [1.29, 1.82) is 0 Å². The number of rotatable bonds is 6. The number of hydrogen-bond acceptors (Lipinski definition) is 1. The van der Waals surface area contributed by atoms with Crippen LogP contribution in [-0.2, 0) is 23.1 Å². The second-order valence-corrected chi connectivity index (χ2v) is 16.2. The average molecular weight is 706 g/mol. The number of nitrogens with zero attached hydrogens (tertiary/aromatic N) is 1. The van der Waals surface area contributed by atoms with Crippen molar-refractivity contribution in [3.8, 4) is 33.4 Å². The molecule has 9 rings (SSSR count). The standard InChI is InChI=1S/C51H44ClN/c1-50(2)32-39-29-42(27-28-43(39)44-30-48-45(31-47(44)50)49-38(33-52)17-12-18-46(49)51(48,3)4)53(41-25-21-37(22-26-41)35-15-10-7-11-16-35)40-23-19-36(20-24-40)34-13-8-5-6-9-14-34/h5-8,10-31H,9,32-33H2,1-4H3. The summed E-state index contributed by atoms with van der Waals surface area (Å²) in [4.78, 5) is 2.41. The quantitative estimate of drug-likeness (QED) is 0.156. The summed E-state index contributed by atoms with van der Waals surface area (Å²) in [6.45, 7) is 9.55. The molecule has 0 N–H and O–H groups in total. The molecule has 2 heteroatoms. The van der Waals surface area contributed by atoms with E-state index in [-0.39, 0.29) is 10.8 Å². The maximum absolute atomic E-state index is 6.54. The van der Waals surface area contributed by atoms with Crippen LogP contribution >= 0.6 is 11.6 Å². The first kappa shape index (κ1) is 33.5. The van der Waals surface area contributed by atoms with Gasteiger partial charge in [-0.1, -0.05) is 137 Å². The number of halogens is 1. The number of fused-ring (bicyclic) bond motifs is 6. The largest absolute Gasteiger partial charge is 0.310 e. The van der Waals surface area contributed by atoms with E-state index in [0.29, 0.717) is 5.88 Å². The van der Waals surface area contributed by atoms with Gasteiger partial charge in [0.05, 0.1) is 0 Å². The molecule has 3 aliphatic carbocycles. The SMILES string of the molecule is CC1(C)Cc2cc(N(c3ccc(C4=CCC=CC=C4)cc3)c3ccc(-c4ccccc4)cc3)ccc2-c2cc3c(cc21)-c1c(CCl)cccc1C3(C)C. The van der Waals surface area contributed by atoms with E-state index in [0.717, 1.165) is 24.2 Å². The van der Waals surface area contributed by atoms with Crippen LogP contribution in [0.1, 0.15) is 67.5 Å². The van der Waals surface area contributed by atoms with E-state index in [2.05, 4.69) is 190 Å². The molecule has 0 amide bonds. The molecule has 1 nitrogen and oxygen atoms in total. The molecule has 0 unspecified atom stereocenters. The Bertz CT molecular complexity index is 2460. The van der Waals surface area contributed by atoms with Gasteiger partial charge in [-0.2, -0.15) is 0 Å². The smallest absolute Gasteiger partial charge is 0.0480 e. The van der Waals surface area contributed by atoms with Crippen molar-refractivity contribution in [2.24, 2.45) is 0 Å². The van der Waals surface area contributed by atoms with Crippen molar-refractivity contribution in [3.05, 3.63) is 191 Å². The predicted molar refractivity (Wildman–Crippen MR) is 227 cm³/mol. The minimum absolute atomic E-state index is 0.0442. The van der Waals surface area contributed by atoms with Gasteiger partial charge >= 0.3 is 0 Å². The van der Waals surface area contributed by atoms with Crippen molar-refractivity contribution in [2.75, 3.05) is 4.90 Å². The highest BCUT2D eigenvalue weighted by Gasteiger charge is 2.40. The number of allylic oxidation sites excluding steroid dienone is 6. The molecule has 0 aromatic heterocycles. The average Bonchev–Trinajstić information content (AvgIpc) is 3.33. The van der Waals surface area contributed by atoms with Gasteiger partial charge in [0.1, 0.15) is 0 Å². The fourth-order valence-corrected chi connectivity index (χ4v) is 9.20. The Kier molecular flexibility index (Phi) is 8.17. The molecule has 0 heterocycles. The van der Waals surface area contributed by atoms with Gasteiger partial charge in [-0.15, -0.1) is 11.6 Å². The molecule has 0 atom stereocenters. The molecule has 0 fully saturated rings. The van der Waals surface area contributed by atoms with Crippen molar-refractivity contribution in [2.45, 2.75) is 57.2 Å². The molecule has 0 saturated carbocycles. The van der Waals surface area contributed by atoms with Crippen LogP contribution < -0.4 is 4.90 Å². The summed E-state index contributed by atoms with van der Waals surface area (Å²) < 4.78 is 0. The van der Waals surface area contributed by atoms with Crippen LogP contribution in [-0.4, -0.2) is 0 Å². The maximum atomic E-state index is 6.54. The van der Waals surface area contributed by atoms with Gasteiger partial charge in [0, 0.05) is 28.4 Å². The molecule has 0 spiro atoms. The van der Waals surface area contributed by atoms with Crippen LogP contribution in [0, 0.1) is 0 Å². The van der Waals surface area contributed by atoms with Crippen LogP contribution in [0.5, 0.6) is 0 Å². The molecule has 0 saturated heterocycles. The number of anilines is 3. The lowest BCUT2D eigenvalue weighted by atomic mass is 9.68. The van der Waals surface area contributed by atoms with E-state index in [1.807, 2.05) is 0 Å². The van der Waals surface area contributed by atoms with E-state index in [9.17, 15) is 0 Å². The summed E-state index contributed by atoms with van der Waals surface area (Å²) in [5, 5.41) is 0. The Balaban J connectivity index is 1.16. The maximum Gasteiger partial charge on any atom is 0.0480 e. The number of benzene rings is 6. The van der Waals surface area contributed by atoms with Gasteiger partial charge in [0.15, 0.2) is 0 Å². The molecule has 0 bridgehead atoms. The summed E-state index contributed by atoms with van der Waals surface area (Å²) in [7, 11) is 0. The Hall–Kier alpha value is -5.37. The van der Waals surface area contributed by atoms with Crippen molar-refractivity contribution >= 4 is 34.2 Å². The zero-order valence-electron chi connectivity index (χ0n) is 31.0. The highest BCUT2D eigenvalue weighted by Crippen LogP contribution is 2.55. The lowest BCUT2D eigenvalue weighted by Gasteiger charge is -2.36. The normalized spacial score (nSPS) is 15.8. The first-order valence-electron chi connectivity index (χ1n) is 18.8. The van der Waals surface area contributed by atoms with Crippen LogP contribution in [0.4, 0.5) is 17.1 Å². The second-order valence-electron chi connectivity index (χ2n) is 15.9. The lowest BCUT2D eigenvalue weighted by Crippen LogP contribution is -2.26. The topological polar surface area (TPSA) is 3.24 Å². The minimum Gasteiger partial charge on any atom is -0.310 e. The number of alkyl halides is 1. The third-order valence-corrected chi connectivity index (χ3v) is 12.0. The Morgan fingerprint density at radius 2 is 1.26 bits per heavy atom. The molecule has 6 aromatic rings. The van der Waals surface area contributed by atoms with Crippen LogP contribution in [0.3, 0.4) is 0 Å². The van der Waals surface area contributed by atoms with Gasteiger partial charge < -0.3 is 4.90 Å². The number of hydrogen-bond donors (Lipinski definition) is 0. The summed E-state index contributed by atoms with van der Waals surface area (Å²) in [6.07, 6.45) is 12.9. The van der Waals surface area contributed by atoms with Gasteiger partial charge in [-0.05, 0) is 139 Å². The Labute approximate surface area is 319 Å². The summed E-state index contributed by atoms with van der Waals surface area (Å²) in [6, 6.07) is 47.5. The Morgan fingerprint density at radius 3 is 2.00 bits per heavy atom. The second kappa shape index (κ2) is 12.9. The molecule has 53 heavy (non-hydrogen) atoms. The zero-order chi connectivity index (χ0) is 36.3. The molecular weight excluding hydrogens is 662 g/mol. The molecule has 6 aromatic carbocycles. The van der Waals surface area contributed by atoms with Gasteiger partial charge in [-0.3, -0.25) is 0 Å². The van der Waals surface area contributed by atoms with Gasteiger partial charge in [0.2, 0.25) is 0 Å². The summed E-state index contributed by atoms with van der Waals surface area (Å²) >= 11 is 6.54. The zero-order valence-corrected chi connectivity index (χ0v) is 31.7. The van der Waals surface area contributed by atoms with E-state index >= 15 is 0 Å². The monoisotopic (exact) mass is 705 g/mol. The van der Waals surface area contributed by atoms with Crippen molar-refractivity contribution in [1.82, 2.24) is 0 Å². The van der Waals surface area contributed by atoms with Crippen LogP contribution in [0.15, 0.2) is 158 Å². The fraction of sp³-hybridized carbons (Fsp3) is 0.176. The van der Waals surface area contributed by atoms with Gasteiger partial charge in [-0.25, -0.2) is 0 Å². The summed E-state index contributed by atoms with van der Waals surface area (Å²) in [5.41, 5.74) is 20.4. The molecule has 260 valence electrons. The van der Waals surface area contributed by atoms with Crippen molar-refractivity contribution < 1.29 is 0 Å². The minimum atomic E-state index is -0.0998. The van der Waals surface area contributed by atoms with Crippen LogP contribution in [0.2, 0.25) is 0 Å². The third kappa shape index (κ3) is 5.70. The highest BCUT2D eigenvalue weighted by molar-refractivity contribution is 6.17. The van der Waals surface area contributed by atoms with Crippen molar-refractivity contribution in [3.63, 3.8) is 0 Å². The first-order chi connectivity index (χ1) is 25.7. The predicted octanol–water partition coefficient (Wildman–Crippen LogP) is 14.3. The lowest BCUT2D eigenvalue weighted by molar-refractivity contribution is 0.517. The fourth-order valence-electron chi connectivity index (χ4n) is 8.98. The highest BCUT2D eigenvalue weighted by atomic mass is 35.5. The Morgan fingerprint density at radius 1 is 0.585 bits per heavy atom. The van der Waals surface area contributed by atoms with Gasteiger partial charge in [0.25, 0.3) is 0 Å². The van der Waals surface area contributed by atoms with E-state index < -0.39 is 0 Å². The molecule has 0 aliphatic heterocycles. The molecular formula is C51H44ClN. The third-order valence-electron chi connectivity index (χ3n) is 11.8. The molecule has 0 radical (unpaired) electrons. The summed E-state index contributed by atoms with van der Waals surface area (Å²) in [5.74, 6) is 0.519. The first-order valence-corrected chi connectivity index (χ1v) is 19.4. The van der Waals surface area contributed by atoms with E-state index in [1.54, 1.807) is 0 Å². The van der Waals surface area contributed by atoms with E-state index in [4.69, 9.17) is 11.6 Å². The van der Waals surface area contributed by atoms with E-state index in [1.165, 1.54) is 78.0 Å². The van der Waals surface area contributed by atoms with Crippen LogP contribution in [0.25, 0.3) is 39.0 Å². The molecule has 3 aliphatic rings.